The highest BCUT2D eigenvalue weighted by Crippen LogP contribution is 2.32. The van der Waals surface area contributed by atoms with Crippen LogP contribution in [0.5, 0.6) is 23.0 Å². The SMILES string of the molecule is COc1ccc(C(=O)Nc2cc3ccccc3cc2NC(=O)c2ccc(OC)c(OC)c2)cc1OC. The molecule has 2 N–H and O–H groups in total. The second-order valence-corrected chi connectivity index (χ2v) is 7.79. The number of fused-ring (bicyclic) bond motifs is 1. The molecule has 0 aliphatic heterocycles. The van der Waals surface area contributed by atoms with Crippen molar-refractivity contribution in [2.45, 2.75) is 0 Å². The molecule has 0 radical (unpaired) electrons. The van der Waals surface area contributed by atoms with E-state index >= 15 is 0 Å². The van der Waals surface area contributed by atoms with E-state index in [1.807, 2.05) is 36.4 Å². The molecule has 0 spiro atoms. The van der Waals surface area contributed by atoms with Crippen molar-refractivity contribution >= 4 is 34.0 Å². The van der Waals surface area contributed by atoms with E-state index in [-0.39, 0.29) is 11.8 Å². The molecule has 0 aliphatic carbocycles. The van der Waals surface area contributed by atoms with Crippen LogP contribution in [0.15, 0.2) is 72.8 Å². The van der Waals surface area contributed by atoms with E-state index in [2.05, 4.69) is 10.6 Å². The van der Waals surface area contributed by atoms with E-state index < -0.39 is 0 Å². The molecule has 8 nitrogen and oxygen atoms in total. The Labute approximate surface area is 208 Å². The number of hydrogen-bond donors (Lipinski definition) is 2. The number of amides is 2. The first-order chi connectivity index (χ1) is 17.5. The van der Waals surface area contributed by atoms with Crippen LogP contribution in [-0.2, 0) is 0 Å². The van der Waals surface area contributed by atoms with Crippen LogP contribution in [0.1, 0.15) is 20.7 Å². The summed E-state index contributed by atoms with van der Waals surface area (Å²) in [7, 11) is 6.06. The minimum absolute atomic E-state index is 0.368. The van der Waals surface area contributed by atoms with Crippen molar-refractivity contribution in [1.29, 1.82) is 0 Å². The lowest BCUT2D eigenvalue weighted by molar-refractivity contribution is 0.101. The zero-order valence-electron chi connectivity index (χ0n) is 20.4. The molecule has 0 saturated heterocycles. The Bertz CT molecular complexity index is 1330. The van der Waals surface area contributed by atoms with Gasteiger partial charge in [-0.2, -0.15) is 0 Å². The normalized spacial score (nSPS) is 10.4. The van der Waals surface area contributed by atoms with Crippen LogP contribution < -0.4 is 29.6 Å². The molecule has 0 heterocycles. The largest absolute Gasteiger partial charge is 0.493 e. The second kappa shape index (κ2) is 10.7. The molecular weight excluding hydrogens is 460 g/mol. The number of ether oxygens (including phenoxy) is 4. The van der Waals surface area contributed by atoms with Gasteiger partial charge in [-0.3, -0.25) is 9.59 Å². The van der Waals surface area contributed by atoms with Crippen LogP contribution in [0, 0.1) is 0 Å². The second-order valence-electron chi connectivity index (χ2n) is 7.79. The maximum atomic E-state index is 13.1. The summed E-state index contributed by atoms with van der Waals surface area (Å²) in [6, 6.07) is 21.1. The Morgan fingerprint density at radius 3 is 1.28 bits per heavy atom. The standard InChI is InChI=1S/C28H26N2O6/c1-33-23-11-9-19(15-25(23)35-3)27(31)29-21-13-17-7-5-6-8-18(17)14-22(21)30-28(32)20-10-12-24(34-2)26(16-20)36-4/h5-16H,1-4H3,(H,29,31)(H,30,32). The summed E-state index contributed by atoms with van der Waals surface area (Å²) < 4.78 is 21.1. The van der Waals surface area contributed by atoms with E-state index in [0.29, 0.717) is 45.5 Å². The highest BCUT2D eigenvalue weighted by atomic mass is 16.5. The summed E-state index contributed by atoms with van der Waals surface area (Å²) in [6.45, 7) is 0. The molecule has 0 atom stereocenters. The molecule has 8 heteroatoms. The number of hydrogen-bond acceptors (Lipinski definition) is 6. The molecule has 184 valence electrons. The quantitative estimate of drug-likeness (QED) is 0.347. The first kappa shape index (κ1) is 24.4. The van der Waals surface area contributed by atoms with E-state index in [9.17, 15) is 9.59 Å². The Hall–Kier alpha value is -4.72. The van der Waals surface area contributed by atoms with Crippen molar-refractivity contribution in [1.82, 2.24) is 0 Å². The monoisotopic (exact) mass is 486 g/mol. The zero-order chi connectivity index (χ0) is 25.7. The molecule has 4 aromatic carbocycles. The van der Waals surface area contributed by atoms with Gasteiger partial charge in [-0.25, -0.2) is 0 Å². The van der Waals surface area contributed by atoms with Gasteiger partial charge in [0.25, 0.3) is 11.8 Å². The Balaban J connectivity index is 1.68. The third-order valence-electron chi connectivity index (χ3n) is 5.67. The van der Waals surface area contributed by atoms with Crippen LogP contribution in [0.25, 0.3) is 10.8 Å². The summed E-state index contributed by atoms with van der Waals surface area (Å²) >= 11 is 0. The fraction of sp³-hybridized carbons (Fsp3) is 0.143. The van der Waals surface area contributed by atoms with Crippen LogP contribution in [0.3, 0.4) is 0 Å². The van der Waals surface area contributed by atoms with Crippen LogP contribution in [-0.4, -0.2) is 40.3 Å². The minimum Gasteiger partial charge on any atom is -0.493 e. The van der Waals surface area contributed by atoms with Crippen molar-refractivity contribution in [2.75, 3.05) is 39.1 Å². The maximum Gasteiger partial charge on any atom is 0.255 e. The average Bonchev–Trinajstić information content (AvgIpc) is 2.92. The highest BCUT2D eigenvalue weighted by Gasteiger charge is 2.17. The third kappa shape index (κ3) is 5.02. The zero-order valence-corrected chi connectivity index (χ0v) is 20.4. The smallest absolute Gasteiger partial charge is 0.255 e. The Morgan fingerprint density at radius 1 is 0.528 bits per heavy atom. The molecule has 4 aromatic rings. The number of carbonyl (C=O) groups excluding carboxylic acids is 2. The summed E-state index contributed by atoms with van der Waals surface area (Å²) in [6.07, 6.45) is 0. The van der Waals surface area contributed by atoms with Crippen LogP contribution >= 0.6 is 0 Å². The van der Waals surface area contributed by atoms with Crippen molar-refractivity contribution < 1.29 is 28.5 Å². The van der Waals surface area contributed by atoms with E-state index in [1.165, 1.54) is 28.4 Å². The third-order valence-corrected chi connectivity index (χ3v) is 5.67. The predicted octanol–water partition coefficient (Wildman–Crippen LogP) is 5.38. The van der Waals surface area contributed by atoms with Gasteiger partial charge < -0.3 is 29.6 Å². The first-order valence-corrected chi connectivity index (χ1v) is 11.1. The Morgan fingerprint density at radius 2 is 0.917 bits per heavy atom. The molecule has 0 bridgehead atoms. The number of carbonyl (C=O) groups is 2. The number of methoxy groups -OCH3 is 4. The average molecular weight is 487 g/mol. The number of nitrogens with one attached hydrogen (secondary N) is 2. The molecule has 0 fully saturated rings. The van der Waals surface area contributed by atoms with Gasteiger partial charge in [0.15, 0.2) is 23.0 Å². The van der Waals surface area contributed by atoms with Crippen molar-refractivity contribution in [3.05, 3.63) is 83.9 Å². The molecule has 36 heavy (non-hydrogen) atoms. The van der Waals surface area contributed by atoms with Gasteiger partial charge in [-0.05, 0) is 59.3 Å². The predicted molar refractivity (Wildman–Crippen MR) is 139 cm³/mol. The van der Waals surface area contributed by atoms with Gasteiger partial charge in [-0.1, -0.05) is 24.3 Å². The van der Waals surface area contributed by atoms with Gasteiger partial charge in [0.2, 0.25) is 0 Å². The van der Waals surface area contributed by atoms with Crippen molar-refractivity contribution in [3.8, 4) is 23.0 Å². The number of rotatable bonds is 8. The number of anilines is 2. The van der Waals surface area contributed by atoms with Gasteiger partial charge in [0.1, 0.15) is 0 Å². The van der Waals surface area contributed by atoms with Gasteiger partial charge in [-0.15, -0.1) is 0 Å². The van der Waals surface area contributed by atoms with Crippen molar-refractivity contribution in [2.24, 2.45) is 0 Å². The molecular formula is C28H26N2O6. The summed E-state index contributed by atoms with van der Waals surface area (Å²) in [5.74, 6) is 1.17. The minimum atomic E-state index is -0.368. The fourth-order valence-electron chi connectivity index (χ4n) is 3.79. The fourth-order valence-corrected chi connectivity index (χ4v) is 3.79. The Kier molecular flexibility index (Phi) is 7.25. The molecule has 4 rings (SSSR count). The van der Waals surface area contributed by atoms with Gasteiger partial charge in [0, 0.05) is 11.1 Å². The lowest BCUT2D eigenvalue weighted by atomic mass is 10.1. The highest BCUT2D eigenvalue weighted by molar-refractivity contribution is 6.12. The lowest BCUT2D eigenvalue weighted by Crippen LogP contribution is -2.17. The molecule has 2 amide bonds. The number of benzene rings is 4. The summed E-state index contributed by atoms with van der Waals surface area (Å²) in [4.78, 5) is 26.3. The van der Waals surface area contributed by atoms with Crippen molar-refractivity contribution in [3.63, 3.8) is 0 Å². The first-order valence-electron chi connectivity index (χ1n) is 11.1. The van der Waals surface area contributed by atoms with E-state index in [1.54, 1.807) is 36.4 Å². The van der Waals surface area contributed by atoms with Gasteiger partial charge >= 0.3 is 0 Å². The van der Waals surface area contributed by atoms with Crippen LogP contribution in [0.2, 0.25) is 0 Å². The molecule has 0 unspecified atom stereocenters. The molecule has 0 aromatic heterocycles. The summed E-state index contributed by atoms with van der Waals surface area (Å²) in [5, 5.41) is 7.63. The molecule has 0 saturated carbocycles. The van der Waals surface area contributed by atoms with E-state index in [4.69, 9.17) is 18.9 Å². The topological polar surface area (TPSA) is 95.1 Å². The molecule has 0 aliphatic rings. The lowest BCUT2D eigenvalue weighted by Gasteiger charge is -2.15. The summed E-state index contributed by atoms with van der Waals surface area (Å²) in [5.41, 5.74) is 1.64. The van der Waals surface area contributed by atoms with Gasteiger partial charge in [0.05, 0.1) is 39.8 Å². The van der Waals surface area contributed by atoms with Crippen LogP contribution in [0.4, 0.5) is 11.4 Å². The van der Waals surface area contributed by atoms with E-state index in [0.717, 1.165) is 10.8 Å². The maximum absolute atomic E-state index is 13.1.